The standard InChI is InChI=1S/C9H5F2NS/c1-5-4-6(10)7(11)8-9(5)13-3-2-12-8/h3-4H,1H3. The molecule has 1 heterocycles. The van der Waals surface area contributed by atoms with E-state index in [1.807, 2.05) is 0 Å². The smallest absolute Gasteiger partial charge is 0.186 e. The summed E-state index contributed by atoms with van der Waals surface area (Å²) >= 11 is 1.30. The van der Waals surface area contributed by atoms with Crippen molar-refractivity contribution in [3.05, 3.63) is 28.7 Å². The van der Waals surface area contributed by atoms with Gasteiger partial charge in [0.2, 0.25) is 0 Å². The van der Waals surface area contributed by atoms with Crippen molar-refractivity contribution >= 4 is 23.3 Å². The average Bonchev–Trinajstić information content (AvgIpc) is 2.15. The molecule has 66 valence electrons. The Kier molecular flexibility index (Phi) is 1.94. The highest BCUT2D eigenvalue weighted by Crippen LogP contribution is 2.38. The third kappa shape index (κ3) is 1.28. The number of halogens is 2. The molecular weight excluding hydrogens is 192 g/mol. The summed E-state index contributed by atoms with van der Waals surface area (Å²) in [5.74, 6) is 0.741. The normalized spacial score (nSPS) is 13.2. The lowest BCUT2D eigenvalue weighted by molar-refractivity contribution is 0.507. The minimum absolute atomic E-state index is 0.0602. The van der Waals surface area contributed by atoms with Crippen molar-refractivity contribution in [1.29, 1.82) is 0 Å². The van der Waals surface area contributed by atoms with E-state index in [1.54, 1.807) is 12.3 Å². The molecule has 13 heavy (non-hydrogen) atoms. The summed E-state index contributed by atoms with van der Waals surface area (Å²) in [7, 11) is 0. The van der Waals surface area contributed by atoms with Crippen molar-refractivity contribution in [2.24, 2.45) is 4.99 Å². The fourth-order valence-electron chi connectivity index (χ4n) is 1.14. The first-order valence-corrected chi connectivity index (χ1v) is 4.51. The lowest BCUT2D eigenvalue weighted by Crippen LogP contribution is -1.92. The summed E-state index contributed by atoms with van der Waals surface area (Å²) in [6, 6.07) is 1.18. The molecule has 2 rings (SSSR count). The van der Waals surface area contributed by atoms with Gasteiger partial charge in [-0.1, -0.05) is 11.8 Å². The van der Waals surface area contributed by atoms with E-state index in [2.05, 4.69) is 10.9 Å². The van der Waals surface area contributed by atoms with Gasteiger partial charge in [-0.15, -0.1) is 0 Å². The van der Waals surface area contributed by atoms with Crippen LogP contribution < -0.4 is 0 Å². The van der Waals surface area contributed by atoms with E-state index in [-0.39, 0.29) is 5.69 Å². The van der Waals surface area contributed by atoms with Crippen LogP contribution in [0.2, 0.25) is 0 Å². The van der Waals surface area contributed by atoms with Crippen molar-refractivity contribution in [3.8, 4) is 0 Å². The van der Waals surface area contributed by atoms with Crippen LogP contribution in [0.5, 0.6) is 0 Å². The van der Waals surface area contributed by atoms with Gasteiger partial charge < -0.3 is 0 Å². The molecule has 0 radical (unpaired) electrons. The first kappa shape index (κ1) is 8.48. The quantitative estimate of drug-likeness (QED) is 0.622. The van der Waals surface area contributed by atoms with Gasteiger partial charge >= 0.3 is 0 Å². The van der Waals surface area contributed by atoms with Gasteiger partial charge in [0.1, 0.15) is 5.69 Å². The van der Waals surface area contributed by atoms with E-state index in [9.17, 15) is 8.78 Å². The van der Waals surface area contributed by atoms with Gasteiger partial charge in [0, 0.05) is 10.3 Å². The van der Waals surface area contributed by atoms with E-state index >= 15 is 0 Å². The Morgan fingerprint density at radius 3 is 3.00 bits per heavy atom. The van der Waals surface area contributed by atoms with Gasteiger partial charge in [-0.2, -0.15) is 0 Å². The van der Waals surface area contributed by atoms with Crippen LogP contribution in [-0.2, 0) is 0 Å². The summed E-state index contributed by atoms with van der Waals surface area (Å²) in [6.07, 6.45) is 0. The summed E-state index contributed by atoms with van der Waals surface area (Å²) in [5, 5.41) is 1.62. The average molecular weight is 197 g/mol. The molecule has 0 bridgehead atoms. The Balaban J connectivity index is 2.78. The minimum atomic E-state index is -0.895. The highest BCUT2D eigenvalue weighted by Gasteiger charge is 2.17. The molecule has 0 aromatic heterocycles. The van der Waals surface area contributed by atoms with Crippen molar-refractivity contribution < 1.29 is 8.78 Å². The lowest BCUT2D eigenvalue weighted by Gasteiger charge is -2.09. The van der Waals surface area contributed by atoms with Crippen LogP contribution in [0.4, 0.5) is 14.5 Å². The number of aliphatic imine (C=N–C) groups is 1. The van der Waals surface area contributed by atoms with Crippen LogP contribution in [0.15, 0.2) is 21.4 Å². The molecule has 0 saturated heterocycles. The van der Waals surface area contributed by atoms with E-state index in [0.29, 0.717) is 10.5 Å². The number of rotatable bonds is 0. The number of benzene rings is 1. The number of aryl methyl sites for hydroxylation is 1. The zero-order valence-electron chi connectivity index (χ0n) is 6.77. The van der Waals surface area contributed by atoms with Crippen LogP contribution in [0.3, 0.4) is 0 Å². The van der Waals surface area contributed by atoms with E-state index in [4.69, 9.17) is 0 Å². The van der Waals surface area contributed by atoms with Crippen LogP contribution in [0, 0.1) is 18.6 Å². The summed E-state index contributed by atoms with van der Waals surface area (Å²) in [6.45, 7) is 1.73. The Bertz CT molecular complexity index is 434. The van der Waals surface area contributed by atoms with Gasteiger partial charge in [-0.3, -0.25) is 0 Å². The first-order chi connectivity index (χ1) is 6.20. The predicted octanol–water partition coefficient (Wildman–Crippen LogP) is 3.19. The molecule has 0 saturated carbocycles. The molecule has 0 spiro atoms. The van der Waals surface area contributed by atoms with Crippen LogP contribution in [-0.4, -0.2) is 5.87 Å². The van der Waals surface area contributed by atoms with Gasteiger partial charge in [-0.05, 0) is 24.4 Å². The summed E-state index contributed by atoms with van der Waals surface area (Å²) in [5.41, 5.74) is 0.755. The third-order valence-electron chi connectivity index (χ3n) is 1.74. The molecular formula is C9H5F2NS. The second kappa shape index (κ2) is 2.98. The second-order valence-electron chi connectivity index (χ2n) is 2.64. The highest BCUT2D eigenvalue weighted by molar-refractivity contribution is 8.02. The molecule has 4 heteroatoms. The lowest BCUT2D eigenvalue weighted by atomic mass is 10.2. The summed E-state index contributed by atoms with van der Waals surface area (Å²) < 4.78 is 26.0. The molecule has 0 amide bonds. The fraction of sp³-hybridized carbons (Fsp3) is 0.111. The van der Waals surface area contributed by atoms with Gasteiger partial charge in [-0.25, -0.2) is 13.8 Å². The zero-order valence-corrected chi connectivity index (χ0v) is 7.58. The summed E-state index contributed by atoms with van der Waals surface area (Å²) in [4.78, 5) is 4.34. The van der Waals surface area contributed by atoms with E-state index in [0.717, 1.165) is 0 Å². The molecule has 1 aromatic rings. The highest BCUT2D eigenvalue weighted by atomic mass is 32.2. The second-order valence-corrected chi connectivity index (χ2v) is 3.52. The van der Waals surface area contributed by atoms with Gasteiger partial charge in [0.15, 0.2) is 11.6 Å². The van der Waals surface area contributed by atoms with E-state index in [1.165, 1.54) is 17.8 Å². The maximum atomic E-state index is 13.1. The molecule has 0 atom stereocenters. The fourth-order valence-corrected chi connectivity index (χ4v) is 1.86. The largest absolute Gasteiger partial charge is 0.204 e. The van der Waals surface area contributed by atoms with Gasteiger partial charge in [0.25, 0.3) is 0 Å². The topological polar surface area (TPSA) is 12.4 Å². The number of hydrogen-bond acceptors (Lipinski definition) is 2. The minimum Gasteiger partial charge on any atom is -0.204 e. The van der Waals surface area contributed by atoms with Crippen molar-refractivity contribution in [2.45, 2.75) is 11.8 Å². The van der Waals surface area contributed by atoms with E-state index < -0.39 is 11.6 Å². The first-order valence-electron chi connectivity index (χ1n) is 3.63. The Morgan fingerprint density at radius 1 is 1.46 bits per heavy atom. The Hall–Kier alpha value is -1.12. The van der Waals surface area contributed by atoms with Crippen LogP contribution >= 0.6 is 11.8 Å². The number of thioether (sulfide) groups is 1. The molecule has 0 unspecified atom stereocenters. The predicted molar refractivity (Wildman–Crippen MR) is 48.6 cm³/mol. The molecule has 0 aliphatic carbocycles. The Labute approximate surface area is 78.2 Å². The molecule has 0 N–H and O–H groups in total. The number of fused-ring (bicyclic) bond motifs is 1. The van der Waals surface area contributed by atoms with Crippen molar-refractivity contribution in [1.82, 2.24) is 0 Å². The maximum Gasteiger partial charge on any atom is 0.186 e. The molecule has 1 aliphatic rings. The van der Waals surface area contributed by atoms with Crippen LogP contribution in [0.25, 0.3) is 0 Å². The zero-order chi connectivity index (χ0) is 9.42. The van der Waals surface area contributed by atoms with Crippen molar-refractivity contribution in [3.63, 3.8) is 0 Å². The molecule has 1 aliphatic heterocycles. The number of nitrogens with zero attached hydrogens (tertiary/aromatic N) is 1. The number of hydrogen-bond donors (Lipinski definition) is 0. The Morgan fingerprint density at radius 2 is 2.23 bits per heavy atom. The SMILES string of the molecule is Cc1cc(F)c(F)c2c1SC=C=N2. The van der Waals surface area contributed by atoms with Gasteiger partial charge in [0.05, 0.1) is 0 Å². The molecule has 1 nitrogen and oxygen atoms in total. The third-order valence-corrected chi connectivity index (χ3v) is 2.71. The monoisotopic (exact) mass is 197 g/mol. The maximum absolute atomic E-state index is 13.1. The molecule has 1 aromatic carbocycles. The van der Waals surface area contributed by atoms with Crippen LogP contribution in [0.1, 0.15) is 5.56 Å². The molecule has 0 fully saturated rings. The van der Waals surface area contributed by atoms with Crippen molar-refractivity contribution in [2.75, 3.05) is 0 Å².